The van der Waals surface area contributed by atoms with Gasteiger partial charge in [-0.2, -0.15) is 0 Å². The van der Waals surface area contributed by atoms with Gasteiger partial charge in [0.05, 0.1) is 13.7 Å². The largest absolute Gasteiger partial charge is 0.497 e. The molecule has 0 bridgehead atoms. The van der Waals surface area contributed by atoms with Crippen molar-refractivity contribution in [2.45, 2.75) is 27.3 Å². The fraction of sp³-hybridized carbons (Fsp3) is 0.200. The van der Waals surface area contributed by atoms with Crippen molar-refractivity contribution in [3.05, 3.63) is 88.4 Å². The molecule has 6 heteroatoms. The first-order valence-corrected chi connectivity index (χ1v) is 10.1. The van der Waals surface area contributed by atoms with Gasteiger partial charge in [-0.3, -0.25) is 9.69 Å². The van der Waals surface area contributed by atoms with Crippen LogP contribution < -0.4 is 10.1 Å². The molecule has 3 amide bonds. The van der Waals surface area contributed by atoms with Crippen LogP contribution in [0, 0.1) is 20.8 Å². The Morgan fingerprint density at radius 2 is 1.74 bits per heavy atom. The van der Waals surface area contributed by atoms with E-state index in [9.17, 15) is 9.59 Å². The predicted molar refractivity (Wildman–Crippen MR) is 120 cm³/mol. The van der Waals surface area contributed by atoms with Crippen LogP contribution in [0.3, 0.4) is 0 Å². The molecule has 1 saturated heterocycles. The number of aryl methyl sites for hydroxylation is 2. The van der Waals surface area contributed by atoms with Crippen LogP contribution in [-0.2, 0) is 11.3 Å². The van der Waals surface area contributed by atoms with Gasteiger partial charge in [-0.25, -0.2) is 4.79 Å². The van der Waals surface area contributed by atoms with Crippen molar-refractivity contribution in [1.29, 1.82) is 0 Å². The highest BCUT2D eigenvalue weighted by Gasteiger charge is 2.33. The summed E-state index contributed by atoms with van der Waals surface area (Å²) in [5, 5.41) is 2.72. The molecular weight excluding hydrogens is 390 g/mol. The number of carbonyl (C=O) groups excluding carboxylic acids is 2. The summed E-state index contributed by atoms with van der Waals surface area (Å²) < 4.78 is 7.44. The second-order valence-electron chi connectivity index (χ2n) is 7.73. The Bertz CT molecular complexity index is 1190. The number of aromatic nitrogens is 1. The summed E-state index contributed by atoms with van der Waals surface area (Å²) in [6, 6.07) is 17.2. The fourth-order valence-corrected chi connectivity index (χ4v) is 3.83. The molecule has 6 nitrogen and oxygen atoms in total. The van der Waals surface area contributed by atoms with E-state index >= 15 is 0 Å². The van der Waals surface area contributed by atoms with Gasteiger partial charge in [0.2, 0.25) is 0 Å². The quantitative estimate of drug-likeness (QED) is 0.493. The molecule has 0 spiro atoms. The lowest BCUT2D eigenvalue weighted by atomic mass is 10.1. The van der Waals surface area contributed by atoms with Crippen LogP contribution in [0.4, 0.5) is 4.79 Å². The van der Waals surface area contributed by atoms with E-state index in [-0.39, 0.29) is 18.1 Å². The van der Waals surface area contributed by atoms with Gasteiger partial charge in [0.25, 0.3) is 5.91 Å². The maximum Gasteiger partial charge on any atom is 0.329 e. The number of amides is 3. The smallest absolute Gasteiger partial charge is 0.329 e. The summed E-state index contributed by atoms with van der Waals surface area (Å²) in [5.41, 5.74) is 6.16. The van der Waals surface area contributed by atoms with Gasteiger partial charge in [-0.05, 0) is 56.2 Å². The number of urea groups is 1. The molecule has 0 saturated carbocycles. The molecule has 3 aromatic rings. The average molecular weight is 415 g/mol. The van der Waals surface area contributed by atoms with Crippen LogP contribution in [0.1, 0.15) is 28.1 Å². The number of carbonyl (C=O) groups is 2. The monoisotopic (exact) mass is 415 g/mol. The molecule has 2 heterocycles. The van der Waals surface area contributed by atoms with E-state index < -0.39 is 6.03 Å². The molecule has 31 heavy (non-hydrogen) atoms. The second-order valence-corrected chi connectivity index (χ2v) is 7.73. The van der Waals surface area contributed by atoms with E-state index in [1.165, 1.54) is 4.90 Å². The first-order chi connectivity index (χ1) is 14.9. The lowest BCUT2D eigenvalue weighted by Gasteiger charge is -2.12. The molecule has 2 aromatic carbocycles. The van der Waals surface area contributed by atoms with E-state index in [0.29, 0.717) is 0 Å². The van der Waals surface area contributed by atoms with Crippen LogP contribution in [-0.4, -0.2) is 28.5 Å². The van der Waals surface area contributed by atoms with Gasteiger partial charge < -0.3 is 14.6 Å². The van der Waals surface area contributed by atoms with Crippen LogP contribution >= 0.6 is 0 Å². The number of nitrogens with one attached hydrogen (secondary N) is 1. The van der Waals surface area contributed by atoms with E-state index in [1.807, 2.05) is 75.4 Å². The minimum Gasteiger partial charge on any atom is -0.497 e. The molecule has 1 aliphatic rings. The Morgan fingerprint density at radius 3 is 2.45 bits per heavy atom. The maximum absolute atomic E-state index is 12.9. The average Bonchev–Trinajstić information content (AvgIpc) is 3.19. The Balaban J connectivity index is 1.62. The van der Waals surface area contributed by atoms with E-state index in [1.54, 1.807) is 13.2 Å². The minimum absolute atomic E-state index is 0.241. The SMILES string of the molecule is COc1cccc(-n2c(C)cc(/C=C3\NC(=O)N(Cc4ccc(C)cc4)C3=O)c2C)c1. The molecule has 1 aliphatic heterocycles. The van der Waals surface area contributed by atoms with Crippen LogP contribution in [0.25, 0.3) is 11.8 Å². The maximum atomic E-state index is 12.9. The molecule has 1 aromatic heterocycles. The summed E-state index contributed by atoms with van der Waals surface area (Å²) in [5.74, 6) is 0.451. The standard InChI is InChI=1S/C25H25N3O3/c1-16-8-10-19(11-9-16)15-27-24(29)23(26-25(27)30)13-20-12-17(2)28(18(20)3)21-6-5-7-22(14-21)31-4/h5-14H,15H2,1-4H3,(H,26,30)/b23-13-. The highest BCUT2D eigenvalue weighted by molar-refractivity contribution is 6.14. The molecule has 1 N–H and O–H groups in total. The topological polar surface area (TPSA) is 63.6 Å². The zero-order chi connectivity index (χ0) is 22.1. The third-order valence-electron chi connectivity index (χ3n) is 5.51. The van der Waals surface area contributed by atoms with Gasteiger partial charge in [0.1, 0.15) is 11.4 Å². The zero-order valence-electron chi connectivity index (χ0n) is 18.1. The third-order valence-corrected chi connectivity index (χ3v) is 5.51. The summed E-state index contributed by atoms with van der Waals surface area (Å²) in [4.78, 5) is 26.6. The Morgan fingerprint density at radius 1 is 1.00 bits per heavy atom. The summed E-state index contributed by atoms with van der Waals surface area (Å²) in [6.45, 7) is 6.24. The summed E-state index contributed by atoms with van der Waals surface area (Å²) in [6.07, 6.45) is 1.74. The first kappa shape index (κ1) is 20.5. The van der Waals surface area contributed by atoms with E-state index in [4.69, 9.17) is 4.74 Å². The zero-order valence-corrected chi connectivity index (χ0v) is 18.1. The van der Waals surface area contributed by atoms with Crippen molar-refractivity contribution >= 4 is 18.0 Å². The first-order valence-electron chi connectivity index (χ1n) is 10.1. The molecule has 0 atom stereocenters. The Hall–Kier alpha value is -3.80. The summed E-state index contributed by atoms with van der Waals surface area (Å²) >= 11 is 0. The highest BCUT2D eigenvalue weighted by atomic mass is 16.5. The van der Waals surface area contributed by atoms with Crippen LogP contribution in [0.5, 0.6) is 5.75 Å². The number of hydrogen-bond donors (Lipinski definition) is 1. The molecule has 158 valence electrons. The fourth-order valence-electron chi connectivity index (χ4n) is 3.83. The predicted octanol–water partition coefficient (Wildman–Crippen LogP) is 4.50. The van der Waals surface area contributed by atoms with Gasteiger partial charge in [0, 0.05) is 23.1 Å². The summed E-state index contributed by atoms with van der Waals surface area (Å²) in [7, 11) is 1.64. The van der Waals surface area contributed by atoms with Crippen molar-refractivity contribution < 1.29 is 14.3 Å². The molecule has 0 unspecified atom stereocenters. The van der Waals surface area contributed by atoms with Gasteiger partial charge in [-0.15, -0.1) is 0 Å². The third kappa shape index (κ3) is 3.97. The lowest BCUT2D eigenvalue weighted by Crippen LogP contribution is -2.30. The number of hydrogen-bond acceptors (Lipinski definition) is 3. The van der Waals surface area contributed by atoms with Crippen molar-refractivity contribution in [2.24, 2.45) is 0 Å². The van der Waals surface area contributed by atoms with Crippen molar-refractivity contribution in [1.82, 2.24) is 14.8 Å². The second kappa shape index (κ2) is 8.14. The van der Waals surface area contributed by atoms with Crippen LogP contribution in [0.15, 0.2) is 60.3 Å². The number of ether oxygens (including phenoxy) is 1. The van der Waals surface area contributed by atoms with Gasteiger partial charge in [-0.1, -0.05) is 35.9 Å². The molecule has 0 aliphatic carbocycles. The number of benzene rings is 2. The lowest BCUT2D eigenvalue weighted by molar-refractivity contribution is -0.123. The number of methoxy groups -OCH3 is 1. The molecule has 1 fully saturated rings. The molecular formula is C25H25N3O3. The number of rotatable bonds is 5. The van der Waals surface area contributed by atoms with E-state index in [0.717, 1.165) is 39.5 Å². The van der Waals surface area contributed by atoms with E-state index in [2.05, 4.69) is 9.88 Å². The number of imide groups is 1. The Kier molecular flexibility index (Phi) is 5.38. The van der Waals surface area contributed by atoms with Crippen LogP contribution in [0.2, 0.25) is 0 Å². The van der Waals surface area contributed by atoms with Gasteiger partial charge in [0.15, 0.2) is 0 Å². The minimum atomic E-state index is -0.404. The molecule has 4 rings (SSSR count). The highest BCUT2D eigenvalue weighted by Crippen LogP contribution is 2.26. The number of nitrogens with zero attached hydrogens (tertiary/aromatic N) is 2. The normalized spacial score (nSPS) is 15.0. The van der Waals surface area contributed by atoms with Crippen molar-refractivity contribution in [3.63, 3.8) is 0 Å². The van der Waals surface area contributed by atoms with Crippen molar-refractivity contribution in [3.8, 4) is 11.4 Å². The molecule has 0 radical (unpaired) electrons. The van der Waals surface area contributed by atoms with Crippen molar-refractivity contribution in [2.75, 3.05) is 7.11 Å². The Labute approximate surface area is 181 Å². The van der Waals surface area contributed by atoms with Gasteiger partial charge >= 0.3 is 6.03 Å².